The highest BCUT2D eigenvalue weighted by Gasteiger charge is 2.20. The topological polar surface area (TPSA) is 0 Å². The Balaban J connectivity index is 1.92. The summed E-state index contributed by atoms with van der Waals surface area (Å²) in [4.78, 5) is 0. The van der Waals surface area contributed by atoms with E-state index in [4.69, 9.17) is 11.6 Å². The van der Waals surface area contributed by atoms with Gasteiger partial charge in [0.1, 0.15) is 0 Å². The van der Waals surface area contributed by atoms with Gasteiger partial charge < -0.3 is 0 Å². The summed E-state index contributed by atoms with van der Waals surface area (Å²) in [6.07, 6.45) is 8.11. The Morgan fingerprint density at radius 1 is 1.24 bits per heavy atom. The molecule has 0 aliphatic heterocycles. The van der Waals surface area contributed by atoms with Crippen molar-refractivity contribution in [2.45, 2.75) is 38.5 Å². The monoisotopic (exact) mass is 314 g/mol. The van der Waals surface area contributed by atoms with Gasteiger partial charge in [0.25, 0.3) is 0 Å². The largest absolute Gasteiger partial charge is 0.126 e. The first-order chi connectivity index (χ1) is 8.29. The van der Waals surface area contributed by atoms with Crippen molar-refractivity contribution < 1.29 is 0 Å². The summed E-state index contributed by atoms with van der Waals surface area (Å²) in [5.41, 5.74) is 1.40. The molecule has 0 N–H and O–H groups in total. The van der Waals surface area contributed by atoms with Crippen LogP contribution in [0, 0.1) is 11.8 Å². The first-order valence-corrected chi connectivity index (χ1v) is 7.91. The van der Waals surface area contributed by atoms with Crippen LogP contribution in [-0.4, -0.2) is 5.88 Å². The molecule has 1 unspecified atom stereocenters. The Labute approximate surface area is 118 Å². The SMILES string of the molecule is ClCC(Cc1ccccc1Br)CC1CCCC1. The minimum absolute atomic E-state index is 0.637. The van der Waals surface area contributed by atoms with Crippen molar-refractivity contribution in [2.75, 3.05) is 5.88 Å². The second-order valence-electron chi connectivity index (χ2n) is 5.20. The second kappa shape index (κ2) is 6.80. The summed E-state index contributed by atoms with van der Waals surface area (Å²) >= 11 is 9.76. The molecular formula is C15H20BrCl. The maximum absolute atomic E-state index is 6.13. The van der Waals surface area contributed by atoms with E-state index in [2.05, 4.69) is 40.2 Å². The van der Waals surface area contributed by atoms with Gasteiger partial charge in [-0.15, -0.1) is 11.6 Å². The first-order valence-electron chi connectivity index (χ1n) is 6.59. The lowest BCUT2D eigenvalue weighted by Crippen LogP contribution is -2.11. The molecule has 0 heterocycles. The average Bonchev–Trinajstić information content (AvgIpc) is 2.84. The van der Waals surface area contributed by atoms with Gasteiger partial charge in [-0.05, 0) is 36.3 Å². The van der Waals surface area contributed by atoms with E-state index in [0.29, 0.717) is 5.92 Å². The third-order valence-electron chi connectivity index (χ3n) is 3.83. The maximum atomic E-state index is 6.13. The minimum Gasteiger partial charge on any atom is -0.126 e. The molecule has 0 spiro atoms. The van der Waals surface area contributed by atoms with Crippen molar-refractivity contribution in [1.29, 1.82) is 0 Å². The van der Waals surface area contributed by atoms with E-state index >= 15 is 0 Å². The van der Waals surface area contributed by atoms with Crippen molar-refractivity contribution >= 4 is 27.5 Å². The Bertz CT molecular complexity index is 345. The molecule has 1 aliphatic rings. The van der Waals surface area contributed by atoms with Gasteiger partial charge in [-0.3, -0.25) is 0 Å². The van der Waals surface area contributed by atoms with Crippen LogP contribution in [0.5, 0.6) is 0 Å². The molecule has 0 aromatic heterocycles. The van der Waals surface area contributed by atoms with Gasteiger partial charge in [-0.2, -0.15) is 0 Å². The highest BCUT2D eigenvalue weighted by molar-refractivity contribution is 9.10. The van der Waals surface area contributed by atoms with Crippen LogP contribution in [0.15, 0.2) is 28.7 Å². The Kier molecular flexibility index (Phi) is 5.37. The molecule has 2 heteroatoms. The summed E-state index contributed by atoms with van der Waals surface area (Å²) in [5.74, 6) is 2.36. The number of hydrogen-bond acceptors (Lipinski definition) is 0. The first kappa shape index (κ1) is 13.4. The van der Waals surface area contributed by atoms with Crippen LogP contribution >= 0.6 is 27.5 Å². The average molecular weight is 316 g/mol. The van der Waals surface area contributed by atoms with Crippen LogP contribution in [0.25, 0.3) is 0 Å². The molecule has 1 aromatic rings. The van der Waals surface area contributed by atoms with Gasteiger partial charge in [-0.1, -0.05) is 59.8 Å². The van der Waals surface area contributed by atoms with Crippen molar-refractivity contribution in [2.24, 2.45) is 11.8 Å². The van der Waals surface area contributed by atoms with Crippen molar-refractivity contribution in [3.63, 3.8) is 0 Å². The Hall–Kier alpha value is -0.0100. The molecular weight excluding hydrogens is 296 g/mol. The lowest BCUT2D eigenvalue weighted by Gasteiger charge is -2.18. The quantitative estimate of drug-likeness (QED) is 0.636. The Morgan fingerprint density at radius 2 is 1.94 bits per heavy atom. The third kappa shape index (κ3) is 3.99. The lowest BCUT2D eigenvalue weighted by atomic mass is 9.90. The number of halogens is 2. The number of alkyl halides is 1. The van der Waals surface area contributed by atoms with E-state index in [1.807, 2.05) is 0 Å². The van der Waals surface area contributed by atoms with Crippen LogP contribution in [-0.2, 0) is 6.42 Å². The van der Waals surface area contributed by atoms with Gasteiger partial charge in [0.05, 0.1) is 0 Å². The molecule has 1 atom stereocenters. The second-order valence-corrected chi connectivity index (χ2v) is 6.36. The summed E-state index contributed by atoms with van der Waals surface area (Å²) in [6, 6.07) is 8.51. The summed E-state index contributed by atoms with van der Waals surface area (Å²) in [7, 11) is 0. The fourth-order valence-electron chi connectivity index (χ4n) is 2.89. The zero-order valence-electron chi connectivity index (χ0n) is 10.2. The predicted octanol–water partition coefficient (Wildman–Crippen LogP) is 5.43. The van der Waals surface area contributed by atoms with Crippen LogP contribution in [0.2, 0.25) is 0 Å². The summed E-state index contributed by atoms with van der Waals surface area (Å²) in [6.45, 7) is 0. The molecule has 94 valence electrons. The maximum Gasteiger partial charge on any atom is 0.0255 e. The Morgan fingerprint density at radius 3 is 2.59 bits per heavy atom. The van der Waals surface area contributed by atoms with Crippen LogP contribution in [0.1, 0.15) is 37.7 Å². The molecule has 17 heavy (non-hydrogen) atoms. The molecule has 2 rings (SSSR count). The van der Waals surface area contributed by atoms with Gasteiger partial charge in [-0.25, -0.2) is 0 Å². The molecule has 0 amide bonds. The predicted molar refractivity (Wildman–Crippen MR) is 78.6 cm³/mol. The lowest BCUT2D eigenvalue weighted by molar-refractivity contribution is 0.399. The molecule has 0 nitrogen and oxygen atoms in total. The van der Waals surface area contributed by atoms with E-state index in [9.17, 15) is 0 Å². The molecule has 1 aromatic carbocycles. The highest BCUT2D eigenvalue weighted by Crippen LogP contribution is 2.32. The fourth-order valence-corrected chi connectivity index (χ4v) is 3.58. The van der Waals surface area contributed by atoms with Crippen LogP contribution in [0.4, 0.5) is 0 Å². The van der Waals surface area contributed by atoms with Gasteiger partial charge in [0.2, 0.25) is 0 Å². The molecule has 0 radical (unpaired) electrons. The summed E-state index contributed by atoms with van der Waals surface area (Å²) < 4.78 is 1.22. The summed E-state index contributed by atoms with van der Waals surface area (Å²) in [5, 5.41) is 0. The smallest absolute Gasteiger partial charge is 0.0255 e. The van der Waals surface area contributed by atoms with E-state index < -0.39 is 0 Å². The standard InChI is InChI=1S/C15H20BrCl/c16-15-8-4-3-7-14(15)10-13(11-17)9-12-5-1-2-6-12/h3-4,7-8,12-13H,1-2,5-6,9-11H2. The van der Waals surface area contributed by atoms with Crippen molar-refractivity contribution in [3.8, 4) is 0 Å². The van der Waals surface area contributed by atoms with Crippen molar-refractivity contribution in [3.05, 3.63) is 34.3 Å². The molecule has 1 aliphatic carbocycles. The van der Waals surface area contributed by atoms with E-state index in [1.165, 1.54) is 42.1 Å². The zero-order chi connectivity index (χ0) is 12.1. The molecule has 0 saturated heterocycles. The fraction of sp³-hybridized carbons (Fsp3) is 0.600. The highest BCUT2D eigenvalue weighted by atomic mass is 79.9. The van der Waals surface area contributed by atoms with Gasteiger partial charge in [0.15, 0.2) is 0 Å². The third-order valence-corrected chi connectivity index (χ3v) is 5.04. The normalized spacial score (nSPS) is 18.5. The zero-order valence-corrected chi connectivity index (χ0v) is 12.5. The molecule has 1 saturated carbocycles. The van der Waals surface area contributed by atoms with Gasteiger partial charge in [0, 0.05) is 10.4 Å². The molecule has 0 bridgehead atoms. The van der Waals surface area contributed by atoms with Crippen molar-refractivity contribution in [1.82, 2.24) is 0 Å². The van der Waals surface area contributed by atoms with Gasteiger partial charge >= 0.3 is 0 Å². The minimum atomic E-state index is 0.637. The van der Waals surface area contributed by atoms with Crippen LogP contribution in [0.3, 0.4) is 0 Å². The van der Waals surface area contributed by atoms with Crippen LogP contribution < -0.4 is 0 Å². The number of rotatable bonds is 5. The number of hydrogen-bond donors (Lipinski definition) is 0. The number of benzene rings is 1. The van der Waals surface area contributed by atoms with E-state index in [-0.39, 0.29) is 0 Å². The molecule has 1 fully saturated rings. The van der Waals surface area contributed by atoms with E-state index in [1.54, 1.807) is 0 Å². The van der Waals surface area contributed by atoms with E-state index in [0.717, 1.165) is 18.2 Å².